The summed E-state index contributed by atoms with van der Waals surface area (Å²) in [7, 11) is 1.94. The Bertz CT molecular complexity index is 1070. The predicted octanol–water partition coefficient (Wildman–Crippen LogP) is 4.63. The molecule has 4 aromatic heterocycles. The number of pyridine rings is 1. The molecule has 0 aliphatic rings. The van der Waals surface area contributed by atoms with Gasteiger partial charge in [0.05, 0.1) is 21.6 Å². The Balaban J connectivity index is 1.90. The third-order valence-electron chi connectivity index (χ3n) is 4.15. The lowest BCUT2D eigenvalue weighted by molar-refractivity contribution is 0.897. The third kappa shape index (κ3) is 3.54. The summed E-state index contributed by atoms with van der Waals surface area (Å²) in [6, 6.07) is 3.85. The molecule has 4 aromatic rings. The summed E-state index contributed by atoms with van der Waals surface area (Å²) in [5.74, 6) is 1.69. The van der Waals surface area contributed by atoms with Gasteiger partial charge in [-0.2, -0.15) is 0 Å². The smallest absolute Gasteiger partial charge is 0.163 e. The second-order valence-electron chi connectivity index (χ2n) is 6.25. The lowest BCUT2D eigenvalue weighted by atomic mass is 10.2. The number of nitrogens with zero attached hydrogens (tertiary/aromatic N) is 5. The van der Waals surface area contributed by atoms with Crippen LogP contribution in [0.3, 0.4) is 0 Å². The number of unbranched alkanes of at least 4 members (excludes halogenated alkanes) is 1. The number of rotatable bonds is 6. The zero-order valence-corrected chi connectivity index (χ0v) is 16.8. The van der Waals surface area contributed by atoms with Gasteiger partial charge in [-0.1, -0.05) is 13.3 Å². The van der Waals surface area contributed by atoms with Crippen LogP contribution in [0, 0.1) is 0 Å². The molecule has 6 nitrogen and oxygen atoms in total. The Morgan fingerprint density at radius 2 is 2.19 bits per heavy atom. The van der Waals surface area contributed by atoms with E-state index in [1.807, 2.05) is 29.9 Å². The quantitative estimate of drug-likeness (QED) is 0.378. The number of thiophene rings is 1. The highest BCUT2D eigenvalue weighted by Gasteiger charge is 2.20. The minimum Gasteiger partial charge on any atom is -0.397 e. The molecule has 0 saturated carbocycles. The van der Waals surface area contributed by atoms with Crippen molar-refractivity contribution >= 4 is 39.0 Å². The van der Waals surface area contributed by atoms with Crippen molar-refractivity contribution in [1.29, 1.82) is 0 Å². The van der Waals surface area contributed by atoms with E-state index in [2.05, 4.69) is 16.9 Å². The fraction of sp³-hybridized carbons (Fsp3) is 0.263. The van der Waals surface area contributed by atoms with Gasteiger partial charge in [0.15, 0.2) is 5.82 Å². The van der Waals surface area contributed by atoms with Gasteiger partial charge in [0.25, 0.3) is 0 Å². The average Bonchev–Trinajstić information content (AvgIpc) is 3.26. The van der Waals surface area contributed by atoms with Crippen LogP contribution < -0.4 is 5.73 Å². The number of fused-ring (bicyclic) bond motifs is 1. The summed E-state index contributed by atoms with van der Waals surface area (Å²) in [4.78, 5) is 19.2. The fourth-order valence-corrected chi connectivity index (χ4v) is 5.19. The van der Waals surface area contributed by atoms with Crippen LogP contribution in [-0.2, 0) is 7.05 Å². The highest BCUT2D eigenvalue weighted by atomic mass is 32.2. The van der Waals surface area contributed by atoms with E-state index in [-0.39, 0.29) is 0 Å². The molecule has 0 fully saturated rings. The first-order valence-corrected chi connectivity index (χ1v) is 10.6. The van der Waals surface area contributed by atoms with Crippen molar-refractivity contribution < 1.29 is 0 Å². The number of aromatic nitrogens is 5. The molecule has 0 aliphatic carbocycles. The van der Waals surface area contributed by atoms with Gasteiger partial charge >= 0.3 is 0 Å². The molecule has 4 heterocycles. The number of nitrogen functional groups attached to an aromatic ring is 1. The lowest BCUT2D eigenvalue weighted by Gasteiger charge is -2.05. The predicted molar refractivity (Wildman–Crippen MR) is 113 cm³/mol. The van der Waals surface area contributed by atoms with Crippen LogP contribution >= 0.6 is 23.1 Å². The summed E-state index contributed by atoms with van der Waals surface area (Å²) in [6.07, 6.45) is 9.58. The van der Waals surface area contributed by atoms with Crippen molar-refractivity contribution in [1.82, 2.24) is 24.5 Å². The Kier molecular flexibility index (Phi) is 5.09. The average molecular weight is 397 g/mol. The maximum absolute atomic E-state index is 6.52. The maximum atomic E-state index is 6.52. The van der Waals surface area contributed by atoms with E-state index < -0.39 is 0 Å². The Morgan fingerprint density at radius 1 is 1.30 bits per heavy atom. The van der Waals surface area contributed by atoms with Crippen LogP contribution in [0.4, 0.5) is 5.69 Å². The molecule has 0 spiro atoms. The van der Waals surface area contributed by atoms with Gasteiger partial charge in [-0.25, -0.2) is 15.0 Å². The topological polar surface area (TPSA) is 82.5 Å². The number of anilines is 1. The highest BCUT2D eigenvalue weighted by Crippen LogP contribution is 2.43. The van der Waals surface area contributed by atoms with Crippen molar-refractivity contribution in [3.63, 3.8) is 0 Å². The van der Waals surface area contributed by atoms with Gasteiger partial charge in [-0.05, 0) is 24.3 Å². The first kappa shape index (κ1) is 17.9. The number of thioether (sulfide) groups is 1. The normalized spacial score (nSPS) is 11.3. The summed E-state index contributed by atoms with van der Waals surface area (Å²) < 4.78 is 3.01. The summed E-state index contributed by atoms with van der Waals surface area (Å²) in [5.41, 5.74) is 9.72. The van der Waals surface area contributed by atoms with Crippen LogP contribution in [0.5, 0.6) is 0 Å². The second kappa shape index (κ2) is 7.66. The van der Waals surface area contributed by atoms with E-state index in [1.165, 1.54) is 6.42 Å². The largest absolute Gasteiger partial charge is 0.397 e. The molecule has 0 amide bonds. The van der Waals surface area contributed by atoms with Crippen molar-refractivity contribution in [2.75, 3.05) is 11.5 Å². The standard InChI is InChI=1S/C19H20N6S2/c1-3-4-8-26-19-15(20)14-16(13-10-25(2)11-22-13)23-17(24-18(14)27-19)12-6-5-7-21-9-12/h5-7,9-11H,3-4,8,20H2,1-2H3. The van der Waals surface area contributed by atoms with Gasteiger partial charge in [-0.3, -0.25) is 4.98 Å². The summed E-state index contributed by atoms with van der Waals surface area (Å²) >= 11 is 3.43. The van der Waals surface area contributed by atoms with Gasteiger partial charge in [0.1, 0.15) is 16.2 Å². The molecular formula is C19H20N6S2. The van der Waals surface area contributed by atoms with E-state index in [9.17, 15) is 0 Å². The molecule has 138 valence electrons. The third-order valence-corrected chi connectivity index (χ3v) is 6.63. The molecule has 0 radical (unpaired) electrons. The highest BCUT2D eigenvalue weighted by molar-refractivity contribution is 8.01. The molecular weight excluding hydrogens is 376 g/mol. The van der Waals surface area contributed by atoms with E-state index in [4.69, 9.17) is 15.7 Å². The molecule has 27 heavy (non-hydrogen) atoms. The monoisotopic (exact) mass is 396 g/mol. The first-order chi connectivity index (χ1) is 13.2. The van der Waals surface area contributed by atoms with Crippen LogP contribution in [0.2, 0.25) is 0 Å². The van der Waals surface area contributed by atoms with Gasteiger partial charge < -0.3 is 10.3 Å². The summed E-state index contributed by atoms with van der Waals surface area (Å²) in [5, 5.41) is 0.894. The van der Waals surface area contributed by atoms with Gasteiger partial charge in [0.2, 0.25) is 0 Å². The molecule has 0 unspecified atom stereocenters. The van der Waals surface area contributed by atoms with Crippen LogP contribution in [-0.4, -0.2) is 30.3 Å². The van der Waals surface area contributed by atoms with Crippen molar-refractivity contribution in [3.05, 3.63) is 37.1 Å². The van der Waals surface area contributed by atoms with Crippen molar-refractivity contribution in [2.24, 2.45) is 7.05 Å². The zero-order chi connectivity index (χ0) is 18.8. The molecule has 8 heteroatoms. The zero-order valence-electron chi connectivity index (χ0n) is 15.2. The number of aryl methyl sites for hydroxylation is 1. The Labute approximate surface area is 165 Å². The van der Waals surface area contributed by atoms with E-state index in [0.717, 1.165) is 49.2 Å². The Hall–Kier alpha value is -2.45. The summed E-state index contributed by atoms with van der Waals surface area (Å²) in [6.45, 7) is 2.19. The van der Waals surface area contributed by atoms with Crippen LogP contribution in [0.1, 0.15) is 19.8 Å². The fourth-order valence-electron chi connectivity index (χ4n) is 2.76. The number of nitrogens with two attached hydrogens (primary N) is 1. The lowest BCUT2D eigenvalue weighted by Crippen LogP contribution is -1.96. The Morgan fingerprint density at radius 3 is 2.89 bits per heavy atom. The number of hydrogen-bond acceptors (Lipinski definition) is 7. The molecule has 4 rings (SSSR count). The molecule has 2 N–H and O–H groups in total. The van der Waals surface area contributed by atoms with Gasteiger partial charge in [0, 0.05) is 31.2 Å². The second-order valence-corrected chi connectivity index (χ2v) is 8.61. The van der Waals surface area contributed by atoms with Crippen molar-refractivity contribution in [3.8, 4) is 22.8 Å². The first-order valence-electron chi connectivity index (χ1n) is 8.79. The van der Waals surface area contributed by atoms with E-state index in [1.54, 1.807) is 41.8 Å². The van der Waals surface area contributed by atoms with Gasteiger partial charge in [-0.15, -0.1) is 23.1 Å². The van der Waals surface area contributed by atoms with E-state index >= 15 is 0 Å². The molecule has 0 aromatic carbocycles. The number of imidazole rings is 1. The minimum absolute atomic E-state index is 0.641. The minimum atomic E-state index is 0.641. The molecule has 0 atom stereocenters. The van der Waals surface area contributed by atoms with Crippen LogP contribution in [0.25, 0.3) is 33.0 Å². The van der Waals surface area contributed by atoms with Crippen molar-refractivity contribution in [2.45, 2.75) is 24.0 Å². The van der Waals surface area contributed by atoms with E-state index in [0.29, 0.717) is 5.82 Å². The molecule has 0 aliphatic heterocycles. The molecule has 0 saturated heterocycles. The molecule has 0 bridgehead atoms. The SMILES string of the molecule is CCCCSc1sc2nc(-c3cccnc3)nc(-c3cn(C)cn3)c2c1N. The number of hydrogen-bond donors (Lipinski definition) is 1. The maximum Gasteiger partial charge on any atom is 0.163 e. The van der Waals surface area contributed by atoms with Crippen LogP contribution in [0.15, 0.2) is 41.3 Å².